The van der Waals surface area contributed by atoms with Gasteiger partial charge in [-0.3, -0.25) is 0 Å². The van der Waals surface area contributed by atoms with Gasteiger partial charge in [0.2, 0.25) is 17.6 Å². The number of benzene rings is 1. The molecule has 0 aliphatic carbocycles. The summed E-state index contributed by atoms with van der Waals surface area (Å²) in [5.41, 5.74) is 0.741. The van der Waals surface area contributed by atoms with Crippen LogP contribution in [0.2, 0.25) is 0 Å². The van der Waals surface area contributed by atoms with E-state index in [1.807, 2.05) is 12.1 Å². The average molecular weight is 345 g/mol. The van der Waals surface area contributed by atoms with Crippen LogP contribution in [0.15, 0.2) is 18.5 Å². The normalized spacial score (nSPS) is 14.1. The minimum absolute atomic E-state index is 0.477. The van der Waals surface area contributed by atoms with Crippen LogP contribution in [-0.2, 0) is 0 Å². The van der Waals surface area contributed by atoms with E-state index in [1.54, 1.807) is 21.3 Å². The molecule has 8 nitrogen and oxygen atoms in total. The summed E-state index contributed by atoms with van der Waals surface area (Å²) >= 11 is 0. The van der Waals surface area contributed by atoms with Gasteiger partial charge in [-0.25, -0.2) is 9.97 Å². The second kappa shape index (κ2) is 7.87. The summed E-state index contributed by atoms with van der Waals surface area (Å²) in [5.74, 6) is 2.85. The number of ether oxygens (including phenoxy) is 3. The molecule has 0 atom stereocenters. The van der Waals surface area contributed by atoms with Gasteiger partial charge in [0.05, 0.1) is 21.3 Å². The van der Waals surface area contributed by atoms with Gasteiger partial charge in [0.1, 0.15) is 6.33 Å². The van der Waals surface area contributed by atoms with Crippen molar-refractivity contribution in [2.24, 2.45) is 0 Å². The molecule has 2 heterocycles. The summed E-state index contributed by atoms with van der Waals surface area (Å²) in [7, 11) is 4.74. The molecule has 1 aliphatic rings. The molecule has 0 bridgehead atoms. The highest BCUT2D eigenvalue weighted by Gasteiger charge is 2.16. The van der Waals surface area contributed by atoms with Crippen molar-refractivity contribution in [1.82, 2.24) is 15.0 Å². The topological polar surface area (TPSA) is 81.6 Å². The van der Waals surface area contributed by atoms with Gasteiger partial charge in [0.15, 0.2) is 11.5 Å². The predicted octanol–water partition coefficient (Wildman–Crippen LogP) is 2.63. The van der Waals surface area contributed by atoms with Gasteiger partial charge in [0, 0.05) is 30.9 Å². The van der Waals surface area contributed by atoms with Crippen molar-refractivity contribution in [3.8, 4) is 17.2 Å². The van der Waals surface area contributed by atoms with E-state index >= 15 is 0 Å². The first-order valence-corrected chi connectivity index (χ1v) is 8.26. The highest BCUT2D eigenvalue weighted by Crippen LogP contribution is 2.40. The Hall–Kier alpha value is -2.77. The number of methoxy groups -OCH3 is 3. The van der Waals surface area contributed by atoms with Crippen molar-refractivity contribution in [3.63, 3.8) is 0 Å². The molecule has 8 heteroatoms. The van der Waals surface area contributed by atoms with Gasteiger partial charge in [-0.15, -0.1) is 0 Å². The molecule has 25 heavy (non-hydrogen) atoms. The summed E-state index contributed by atoms with van der Waals surface area (Å²) in [5, 5.41) is 3.18. The number of nitrogens with zero attached hydrogens (tertiary/aromatic N) is 4. The number of rotatable bonds is 6. The molecule has 1 aliphatic heterocycles. The summed E-state index contributed by atoms with van der Waals surface area (Å²) < 4.78 is 16.1. The second-order valence-corrected chi connectivity index (χ2v) is 5.70. The van der Waals surface area contributed by atoms with Crippen LogP contribution in [0.1, 0.15) is 19.3 Å². The van der Waals surface area contributed by atoms with Crippen LogP contribution in [0.25, 0.3) is 0 Å². The number of anilines is 3. The minimum atomic E-state index is 0.477. The van der Waals surface area contributed by atoms with Gasteiger partial charge in [-0.05, 0) is 19.3 Å². The van der Waals surface area contributed by atoms with Crippen LogP contribution in [0.4, 0.5) is 17.6 Å². The molecule has 0 unspecified atom stereocenters. The van der Waals surface area contributed by atoms with E-state index < -0.39 is 0 Å². The van der Waals surface area contributed by atoms with Crippen LogP contribution in [0, 0.1) is 0 Å². The number of piperidine rings is 1. The fourth-order valence-corrected chi connectivity index (χ4v) is 2.88. The van der Waals surface area contributed by atoms with E-state index in [1.165, 1.54) is 25.6 Å². The zero-order valence-corrected chi connectivity index (χ0v) is 14.8. The molecule has 2 aromatic rings. The number of aromatic nitrogens is 3. The van der Waals surface area contributed by atoms with E-state index in [0.717, 1.165) is 18.8 Å². The summed E-state index contributed by atoms with van der Waals surface area (Å²) in [6, 6.07) is 3.62. The van der Waals surface area contributed by atoms with E-state index in [4.69, 9.17) is 14.2 Å². The highest BCUT2D eigenvalue weighted by molar-refractivity contribution is 5.65. The van der Waals surface area contributed by atoms with Gasteiger partial charge < -0.3 is 24.4 Å². The third-order valence-corrected chi connectivity index (χ3v) is 4.12. The van der Waals surface area contributed by atoms with Crippen LogP contribution in [0.3, 0.4) is 0 Å². The average Bonchev–Trinajstić information content (AvgIpc) is 2.68. The Balaban J connectivity index is 1.84. The second-order valence-electron chi connectivity index (χ2n) is 5.70. The number of hydrogen-bond donors (Lipinski definition) is 1. The van der Waals surface area contributed by atoms with Crippen LogP contribution in [-0.4, -0.2) is 49.4 Å². The molecule has 0 saturated carbocycles. The summed E-state index contributed by atoms with van der Waals surface area (Å²) in [4.78, 5) is 15.2. The Bertz CT molecular complexity index is 694. The molecule has 1 saturated heterocycles. The fourth-order valence-electron chi connectivity index (χ4n) is 2.88. The maximum Gasteiger partial charge on any atom is 0.232 e. The number of hydrogen-bond acceptors (Lipinski definition) is 8. The molecule has 134 valence electrons. The Morgan fingerprint density at radius 1 is 0.920 bits per heavy atom. The van der Waals surface area contributed by atoms with Crippen molar-refractivity contribution in [3.05, 3.63) is 18.5 Å². The fraction of sp³-hybridized carbons (Fsp3) is 0.471. The lowest BCUT2D eigenvalue weighted by Crippen LogP contribution is -2.31. The predicted molar refractivity (Wildman–Crippen MR) is 95.3 cm³/mol. The smallest absolute Gasteiger partial charge is 0.232 e. The third kappa shape index (κ3) is 3.84. The van der Waals surface area contributed by atoms with Gasteiger partial charge in [0.25, 0.3) is 0 Å². The molecule has 0 amide bonds. The first kappa shape index (κ1) is 17.1. The molecule has 1 aromatic carbocycles. The van der Waals surface area contributed by atoms with Gasteiger partial charge in [-0.1, -0.05) is 0 Å². The van der Waals surface area contributed by atoms with Crippen molar-refractivity contribution in [1.29, 1.82) is 0 Å². The van der Waals surface area contributed by atoms with E-state index in [2.05, 4.69) is 25.2 Å². The number of nitrogens with one attached hydrogen (secondary N) is 1. The SMILES string of the molecule is COc1cc(Nc2ncnc(N3CCCCC3)n2)cc(OC)c1OC. The molecule has 3 rings (SSSR count). The summed E-state index contributed by atoms with van der Waals surface area (Å²) in [6.45, 7) is 1.96. The third-order valence-electron chi connectivity index (χ3n) is 4.12. The van der Waals surface area contributed by atoms with E-state index in [0.29, 0.717) is 29.1 Å². The Morgan fingerprint density at radius 3 is 2.20 bits per heavy atom. The lowest BCUT2D eigenvalue weighted by Gasteiger charge is -2.26. The molecular weight excluding hydrogens is 322 g/mol. The maximum atomic E-state index is 5.37. The lowest BCUT2D eigenvalue weighted by molar-refractivity contribution is 0.324. The van der Waals surface area contributed by atoms with Crippen molar-refractivity contribution < 1.29 is 14.2 Å². The first-order valence-electron chi connectivity index (χ1n) is 8.26. The van der Waals surface area contributed by atoms with Crippen LogP contribution >= 0.6 is 0 Å². The monoisotopic (exact) mass is 345 g/mol. The van der Waals surface area contributed by atoms with Crippen molar-refractivity contribution >= 4 is 17.6 Å². The molecule has 1 aromatic heterocycles. The van der Waals surface area contributed by atoms with Crippen LogP contribution < -0.4 is 24.4 Å². The molecule has 0 radical (unpaired) electrons. The standard InChI is InChI=1S/C17H23N5O3/c1-23-13-9-12(10-14(24-2)15(13)25-3)20-16-18-11-19-17(21-16)22-7-5-4-6-8-22/h9-11H,4-8H2,1-3H3,(H,18,19,20,21). The summed E-state index contributed by atoms with van der Waals surface area (Å²) in [6.07, 6.45) is 5.12. The van der Waals surface area contributed by atoms with Crippen LogP contribution in [0.5, 0.6) is 17.2 Å². The zero-order chi connectivity index (χ0) is 17.6. The molecule has 1 fully saturated rings. The highest BCUT2D eigenvalue weighted by atomic mass is 16.5. The minimum Gasteiger partial charge on any atom is -0.493 e. The maximum absolute atomic E-state index is 5.37. The van der Waals surface area contributed by atoms with Crippen molar-refractivity contribution in [2.75, 3.05) is 44.6 Å². The van der Waals surface area contributed by atoms with Gasteiger partial charge in [-0.2, -0.15) is 4.98 Å². The van der Waals surface area contributed by atoms with Crippen molar-refractivity contribution in [2.45, 2.75) is 19.3 Å². The Morgan fingerprint density at radius 2 is 1.60 bits per heavy atom. The van der Waals surface area contributed by atoms with Gasteiger partial charge >= 0.3 is 0 Å². The van der Waals surface area contributed by atoms with E-state index in [-0.39, 0.29) is 0 Å². The largest absolute Gasteiger partial charge is 0.493 e. The quantitative estimate of drug-likeness (QED) is 0.856. The molecule has 0 spiro atoms. The first-order chi connectivity index (χ1) is 12.2. The Kier molecular flexibility index (Phi) is 5.37. The van der Waals surface area contributed by atoms with E-state index in [9.17, 15) is 0 Å². The zero-order valence-electron chi connectivity index (χ0n) is 14.8. The lowest BCUT2D eigenvalue weighted by atomic mass is 10.1. The Labute approximate surface area is 147 Å². The molecule has 1 N–H and O–H groups in total. The molecular formula is C17H23N5O3.